The largest absolute Gasteiger partial charge is 0.301 e. The lowest BCUT2D eigenvalue weighted by Gasteiger charge is -1.91. The first kappa shape index (κ1) is 5.04. The molecular formula is C5H10FN. The molecule has 1 heterocycles. The summed E-state index contributed by atoms with van der Waals surface area (Å²) in [5.41, 5.74) is 0. The molecule has 0 saturated carbocycles. The third-order valence-electron chi connectivity index (χ3n) is 1.15. The highest BCUT2D eigenvalue weighted by Crippen LogP contribution is 2.02. The van der Waals surface area contributed by atoms with Crippen molar-refractivity contribution in [1.29, 1.82) is 0 Å². The summed E-state index contributed by atoms with van der Waals surface area (Å²) in [5.74, 6) is 0. The van der Waals surface area contributed by atoms with E-state index in [0.717, 1.165) is 13.0 Å². The van der Waals surface area contributed by atoms with Crippen molar-refractivity contribution in [2.24, 2.45) is 0 Å². The molecule has 0 unspecified atom stereocenters. The van der Waals surface area contributed by atoms with Crippen LogP contribution in [0.4, 0.5) is 4.39 Å². The maximum atomic E-state index is 11.4. The third kappa shape index (κ3) is 1.88. The molecular weight excluding hydrogens is 93.1 g/mol. The maximum absolute atomic E-state index is 11.4. The van der Waals surface area contributed by atoms with Gasteiger partial charge in [0.05, 0.1) is 6.67 Å². The first-order valence-electron chi connectivity index (χ1n) is 2.72. The standard InChI is InChI=1S/C5H10FN/c6-2-1-3-7-4-5-7/h1-5H2. The van der Waals surface area contributed by atoms with Crippen LogP contribution in [0.25, 0.3) is 0 Å². The predicted octanol–water partition coefficient (Wildman–Crippen LogP) is 0.662. The molecule has 0 atom stereocenters. The van der Waals surface area contributed by atoms with Gasteiger partial charge in [0.25, 0.3) is 0 Å². The van der Waals surface area contributed by atoms with Crippen LogP contribution in [0.15, 0.2) is 0 Å². The summed E-state index contributed by atoms with van der Waals surface area (Å²) in [6.45, 7) is 3.20. The van der Waals surface area contributed by atoms with Crippen LogP contribution in [0.3, 0.4) is 0 Å². The van der Waals surface area contributed by atoms with E-state index >= 15 is 0 Å². The second kappa shape index (κ2) is 2.26. The van der Waals surface area contributed by atoms with Gasteiger partial charge >= 0.3 is 0 Å². The van der Waals surface area contributed by atoms with Crippen LogP contribution in [0.2, 0.25) is 0 Å². The summed E-state index contributed by atoms with van der Waals surface area (Å²) in [6, 6.07) is 0. The first-order valence-corrected chi connectivity index (χ1v) is 2.72. The van der Waals surface area contributed by atoms with Crippen LogP contribution in [-0.2, 0) is 0 Å². The Balaban J connectivity index is 1.80. The van der Waals surface area contributed by atoms with E-state index in [2.05, 4.69) is 4.90 Å². The van der Waals surface area contributed by atoms with E-state index in [1.807, 2.05) is 0 Å². The Morgan fingerprint density at radius 2 is 2.14 bits per heavy atom. The van der Waals surface area contributed by atoms with Crippen molar-refractivity contribution in [3.8, 4) is 0 Å². The van der Waals surface area contributed by atoms with Crippen molar-refractivity contribution < 1.29 is 4.39 Å². The van der Waals surface area contributed by atoms with Crippen LogP contribution >= 0.6 is 0 Å². The minimum atomic E-state index is -0.156. The Kier molecular flexibility index (Phi) is 1.63. The number of rotatable bonds is 3. The summed E-state index contributed by atoms with van der Waals surface area (Å²) in [7, 11) is 0. The van der Waals surface area contributed by atoms with E-state index in [4.69, 9.17) is 0 Å². The van der Waals surface area contributed by atoms with Gasteiger partial charge in [-0.3, -0.25) is 4.39 Å². The highest BCUT2D eigenvalue weighted by atomic mass is 19.1. The van der Waals surface area contributed by atoms with Gasteiger partial charge in [-0.2, -0.15) is 0 Å². The molecule has 1 saturated heterocycles. The normalized spacial score (nSPS) is 20.1. The highest BCUT2D eigenvalue weighted by Gasteiger charge is 2.14. The fraction of sp³-hybridized carbons (Fsp3) is 1.00. The molecule has 0 spiro atoms. The second-order valence-electron chi connectivity index (χ2n) is 1.88. The van der Waals surface area contributed by atoms with Gasteiger partial charge < -0.3 is 4.90 Å². The van der Waals surface area contributed by atoms with Crippen molar-refractivity contribution in [2.75, 3.05) is 26.3 Å². The summed E-state index contributed by atoms with van der Waals surface area (Å²) < 4.78 is 11.4. The van der Waals surface area contributed by atoms with Crippen LogP contribution in [0.1, 0.15) is 6.42 Å². The van der Waals surface area contributed by atoms with Crippen LogP contribution in [0.5, 0.6) is 0 Å². The van der Waals surface area contributed by atoms with Crippen molar-refractivity contribution in [1.82, 2.24) is 4.90 Å². The van der Waals surface area contributed by atoms with Gasteiger partial charge in [0.2, 0.25) is 0 Å². The average molecular weight is 103 g/mol. The van der Waals surface area contributed by atoms with Crippen LogP contribution in [0, 0.1) is 0 Å². The Labute approximate surface area is 43.1 Å². The zero-order valence-electron chi connectivity index (χ0n) is 4.36. The van der Waals surface area contributed by atoms with Gasteiger partial charge in [0.15, 0.2) is 0 Å². The molecule has 1 aliphatic rings. The lowest BCUT2D eigenvalue weighted by Crippen LogP contribution is -1.98. The average Bonchev–Trinajstić information content (AvgIpc) is 2.42. The van der Waals surface area contributed by atoms with Crippen molar-refractivity contribution in [2.45, 2.75) is 6.42 Å². The SMILES string of the molecule is FCCCN1CC1. The Hall–Kier alpha value is -0.110. The smallest absolute Gasteiger partial charge is 0.0906 e. The molecule has 1 rings (SSSR count). The molecule has 1 fully saturated rings. The maximum Gasteiger partial charge on any atom is 0.0906 e. The Morgan fingerprint density at radius 1 is 1.43 bits per heavy atom. The van der Waals surface area contributed by atoms with Gasteiger partial charge in [0.1, 0.15) is 0 Å². The quantitative estimate of drug-likeness (QED) is 0.474. The fourth-order valence-corrected chi connectivity index (χ4v) is 0.578. The molecule has 0 radical (unpaired) electrons. The van der Waals surface area contributed by atoms with Gasteiger partial charge in [-0.05, 0) is 6.42 Å². The molecule has 0 N–H and O–H groups in total. The number of alkyl halides is 1. The molecule has 0 aromatic rings. The molecule has 1 nitrogen and oxygen atoms in total. The molecule has 1 aliphatic heterocycles. The van der Waals surface area contributed by atoms with Gasteiger partial charge in [-0.1, -0.05) is 0 Å². The van der Waals surface area contributed by atoms with E-state index in [9.17, 15) is 4.39 Å². The number of hydrogen-bond donors (Lipinski definition) is 0. The van der Waals surface area contributed by atoms with E-state index < -0.39 is 0 Å². The molecule has 42 valence electrons. The van der Waals surface area contributed by atoms with Gasteiger partial charge in [-0.25, -0.2) is 0 Å². The zero-order chi connectivity index (χ0) is 5.11. The monoisotopic (exact) mass is 103 g/mol. The van der Waals surface area contributed by atoms with Crippen molar-refractivity contribution in [3.63, 3.8) is 0 Å². The summed E-state index contributed by atoms with van der Waals surface area (Å²) in [4.78, 5) is 2.22. The van der Waals surface area contributed by atoms with Crippen molar-refractivity contribution >= 4 is 0 Å². The lowest BCUT2D eigenvalue weighted by atomic mass is 10.5. The van der Waals surface area contributed by atoms with E-state index in [1.165, 1.54) is 13.1 Å². The summed E-state index contributed by atoms with van der Waals surface area (Å²) >= 11 is 0. The predicted molar refractivity (Wildman–Crippen MR) is 27.0 cm³/mol. The Bertz CT molecular complexity index is 52.0. The molecule has 0 bridgehead atoms. The molecule has 0 amide bonds. The molecule has 2 heteroatoms. The Morgan fingerprint density at radius 3 is 2.57 bits per heavy atom. The molecule has 0 aliphatic carbocycles. The van der Waals surface area contributed by atoms with E-state index in [-0.39, 0.29) is 6.67 Å². The van der Waals surface area contributed by atoms with Crippen LogP contribution < -0.4 is 0 Å². The molecule has 7 heavy (non-hydrogen) atoms. The number of halogens is 1. The summed E-state index contributed by atoms with van der Waals surface area (Å²) in [5, 5.41) is 0. The zero-order valence-corrected chi connectivity index (χ0v) is 4.36. The van der Waals surface area contributed by atoms with E-state index in [0.29, 0.717) is 0 Å². The lowest BCUT2D eigenvalue weighted by molar-refractivity contribution is 0.427. The second-order valence-corrected chi connectivity index (χ2v) is 1.88. The third-order valence-corrected chi connectivity index (χ3v) is 1.15. The topological polar surface area (TPSA) is 3.01 Å². The molecule has 0 aromatic carbocycles. The van der Waals surface area contributed by atoms with Crippen molar-refractivity contribution in [3.05, 3.63) is 0 Å². The molecule has 0 aromatic heterocycles. The minimum absolute atomic E-state index is 0.156. The minimum Gasteiger partial charge on any atom is -0.301 e. The van der Waals surface area contributed by atoms with Crippen LogP contribution in [-0.4, -0.2) is 31.2 Å². The highest BCUT2D eigenvalue weighted by molar-refractivity contribution is 4.70. The van der Waals surface area contributed by atoms with Gasteiger partial charge in [-0.15, -0.1) is 0 Å². The fourth-order valence-electron chi connectivity index (χ4n) is 0.578. The van der Waals surface area contributed by atoms with E-state index in [1.54, 1.807) is 0 Å². The summed E-state index contributed by atoms with van der Waals surface area (Å²) in [6.07, 6.45) is 0.722. The number of nitrogens with zero attached hydrogens (tertiary/aromatic N) is 1. The first-order chi connectivity index (χ1) is 3.43. The van der Waals surface area contributed by atoms with Gasteiger partial charge in [0, 0.05) is 19.6 Å². The number of hydrogen-bond acceptors (Lipinski definition) is 1.